The number of halogens is 3. The highest BCUT2D eigenvalue weighted by Crippen LogP contribution is 2.33. The number of amides is 1. The Balaban J connectivity index is 0.00000121. The lowest BCUT2D eigenvalue weighted by atomic mass is 9.85. The minimum absolute atomic E-state index is 0. The first kappa shape index (κ1) is 20.7. The molecule has 0 spiro atoms. The largest absolute Gasteiger partial charge is 0.325 e. The third kappa shape index (κ3) is 4.19. The number of nitrogens with one attached hydrogen (secondary N) is 2. The fourth-order valence-corrected chi connectivity index (χ4v) is 3.93. The number of hydrogen-bond acceptors (Lipinski definition) is 3. The van der Waals surface area contributed by atoms with Gasteiger partial charge in [0.25, 0.3) is 0 Å². The molecule has 2 aliphatic rings. The maximum Gasteiger partial charge on any atom is 0.241 e. The number of rotatable bonds is 3. The monoisotopic (exact) mass is 400 g/mol. The van der Waals surface area contributed by atoms with Gasteiger partial charge in [-0.15, -0.1) is 24.8 Å². The Morgan fingerprint density at radius 1 is 1.27 bits per heavy atom. The number of nitrogens with zero attached hydrogens (tertiary/aromatic N) is 2. The van der Waals surface area contributed by atoms with E-state index in [4.69, 9.17) is 0 Å². The molecule has 1 aliphatic carbocycles. The van der Waals surface area contributed by atoms with Gasteiger partial charge in [-0.2, -0.15) is 5.10 Å². The number of carbonyl (C=O) groups excluding carboxylic acids is 1. The van der Waals surface area contributed by atoms with Crippen LogP contribution in [0.5, 0.6) is 0 Å². The Hall–Kier alpha value is -1.63. The highest BCUT2D eigenvalue weighted by molar-refractivity contribution is 5.95. The van der Waals surface area contributed by atoms with Gasteiger partial charge in [0.2, 0.25) is 5.91 Å². The summed E-state index contributed by atoms with van der Waals surface area (Å²) in [5.41, 5.74) is 0.841. The first-order valence-electron chi connectivity index (χ1n) is 8.57. The SMILES string of the molecule is Cl.Cl.O=C(Nc1ccc(-n2cccn2)c(F)c1)C1CC2CCCCC2N1. The highest BCUT2D eigenvalue weighted by atomic mass is 35.5. The van der Waals surface area contributed by atoms with Crippen LogP contribution in [0.2, 0.25) is 0 Å². The topological polar surface area (TPSA) is 59.0 Å². The van der Waals surface area contributed by atoms with Crippen LogP contribution in [-0.4, -0.2) is 27.8 Å². The lowest BCUT2D eigenvalue weighted by Gasteiger charge is -2.24. The predicted molar refractivity (Wildman–Crippen MR) is 104 cm³/mol. The van der Waals surface area contributed by atoms with Crippen LogP contribution < -0.4 is 10.6 Å². The average molecular weight is 401 g/mol. The number of benzene rings is 1. The molecule has 1 aromatic carbocycles. The lowest BCUT2D eigenvalue weighted by Crippen LogP contribution is -2.39. The van der Waals surface area contributed by atoms with E-state index in [1.54, 1.807) is 30.6 Å². The summed E-state index contributed by atoms with van der Waals surface area (Å²) in [6, 6.07) is 6.71. The van der Waals surface area contributed by atoms with Crippen LogP contribution >= 0.6 is 24.8 Å². The van der Waals surface area contributed by atoms with Crippen molar-refractivity contribution in [2.24, 2.45) is 5.92 Å². The molecule has 1 aromatic heterocycles. The first-order valence-corrected chi connectivity index (χ1v) is 8.57. The molecule has 26 heavy (non-hydrogen) atoms. The van der Waals surface area contributed by atoms with Crippen molar-refractivity contribution in [1.29, 1.82) is 0 Å². The molecule has 142 valence electrons. The maximum absolute atomic E-state index is 14.3. The van der Waals surface area contributed by atoms with Crippen LogP contribution in [0.3, 0.4) is 0 Å². The molecule has 2 N–H and O–H groups in total. The Morgan fingerprint density at radius 3 is 2.77 bits per heavy atom. The molecule has 1 amide bonds. The molecule has 2 aromatic rings. The second-order valence-electron chi connectivity index (χ2n) is 6.71. The van der Waals surface area contributed by atoms with Crippen molar-refractivity contribution >= 4 is 36.4 Å². The molecule has 0 radical (unpaired) electrons. The van der Waals surface area contributed by atoms with Gasteiger partial charge in [-0.1, -0.05) is 12.8 Å². The average Bonchev–Trinajstić information content (AvgIpc) is 3.24. The van der Waals surface area contributed by atoms with Crippen molar-refractivity contribution < 1.29 is 9.18 Å². The van der Waals surface area contributed by atoms with Crippen LogP contribution in [0.15, 0.2) is 36.7 Å². The zero-order valence-corrected chi connectivity index (χ0v) is 15.9. The van der Waals surface area contributed by atoms with E-state index in [0.29, 0.717) is 23.3 Å². The van der Waals surface area contributed by atoms with Crippen LogP contribution in [0.4, 0.5) is 10.1 Å². The Kier molecular flexibility index (Phi) is 7.03. The number of hydrogen-bond donors (Lipinski definition) is 2. The van der Waals surface area contributed by atoms with Crippen LogP contribution in [0.1, 0.15) is 32.1 Å². The summed E-state index contributed by atoms with van der Waals surface area (Å²) in [5.74, 6) is 0.119. The van der Waals surface area contributed by atoms with E-state index in [1.165, 1.54) is 30.0 Å². The van der Waals surface area contributed by atoms with Gasteiger partial charge in [-0.3, -0.25) is 4.79 Å². The summed E-state index contributed by atoms with van der Waals surface area (Å²) < 4.78 is 15.7. The van der Waals surface area contributed by atoms with E-state index in [1.807, 2.05) is 0 Å². The molecule has 8 heteroatoms. The van der Waals surface area contributed by atoms with Crippen molar-refractivity contribution in [3.05, 3.63) is 42.5 Å². The molecule has 2 heterocycles. The molecule has 1 saturated heterocycles. The number of anilines is 1. The van der Waals surface area contributed by atoms with Gasteiger partial charge in [-0.05, 0) is 49.4 Å². The van der Waals surface area contributed by atoms with E-state index in [9.17, 15) is 9.18 Å². The van der Waals surface area contributed by atoms with Gasteiger partial charge >= 0.3 is 0 Å². The van der Waals surface area contributed by atoms with E-state index in [0.717, 1.165) is 12.8 Å². The van der Waals surface area contributed by atoms with E-state index < -0.39 is 5.82 Å². The summed E-state index contributed by atoms with van der Waals surface area (Å²) in [4.78, 5) is 12.5. The molecule has 4 rings (SSSR count). The van der Waals surface area contributed by atoms with Gasteiger partial charge < -0.3 is 10.6 Å². The first-order chi connectivity index (χ1) is 11.7. The molecule has 0 bridgehead atoms. The third-order valence-corrected chi connectivity index (χ3v) is 5.15. The van der Waals surface area contributed by atoms with Crippen LogP contribution in [0, 0.1) is 11.7 Å². The van der Waals surface area contributed by atoms with Crippen molar-refractivity contribution in [3.63, 3.8) is 0 Å². The van der Waals surface area contributed by atoms with Gasteiger partial charge in [0.05, 0.1) is 6.04 Å². The molecule has 3 atom stereocenters. The predicted octanol–water partition coefficient (Wildman–Crippen LogP) is 3.71. The quantitative estimate of drug-likeness (QED) is 0.825. The maximum atomic E-state index is 14.3. The third-order valence-electron chi connectivity index (χ3n) is 5.15. The minimum atomic E-state index is -0.412. The van der Waals surface area contributed by atoms with Gasteiger partial charge in [0.15, 0.2) is 5.82 Å². The molecule has 2 fully saturated rings. The number of aromatic nitrogens is 2. The lowest BCUT2D eigenvalue weighted by molar-refractivity contribution is -0.117. The Morgan fingerprint density at radius 2 is 2.08 bits per heavy atom. The minimum Gasteiger partial charge on any atom is -0.325 e. The fraction of sp³-hybridized carbons (Fsp3) is 0.444. The standard InChI is InChI=1S/C18H21FN4O.2ClH/c19-14-11-13(6-7-17(14)23-9-3-8-20-23)21-18(24)16-10-12-4-1-2-5-15(12)22-16;;/h3,6-9,11-12,15-16,22H,1-2,4-5,10H2,(H,21,24);2*1H. The molecule has 1 aliphatic heterocycles. The number of carbonyl (C=O) groups is 1. The van der Waals surface area contributed by atoms with Gasteiger partial charge in [-0.25, -0.2) is 9.07 Å². The second kappa shape index (κ2) is 8.84. The number of fused-ring (bicyclic) bond motifs is 1. The Labute approximate surface area is 164 Å². The highest BCUT2D eigenvalue weighted by Gasteiger charge is 2.38. The summed E-state index contributed by atoms with van der Waals surface area (Å²) in [7, 11) is 0. The Bertz CT molecular complexity index is 727. The fourth-order valence-electron chi connectivity index (χ4n) is 3.93. The molecular weight excluding hydrogens is 378 g/mol. The molecule has 3 unspecified atom stereocenters. The summed E-state index contributed by atoms with van der Waals surface area (Å²) in [6.45, 7) is 0. The van der Waals surface area contributed by atoms with Crippen LogP contribution in [-0.2, 0) is 4.79 Å². The zero-order valence-electron chi connectivity index (χ0n) is 14.2. The summed E-state index contributed by atoms with van der Waals surface area (Å²) in [5, 5.41) is 10.3. The molecule has 5 nitrogen and oxygen atoms in total. The summed E-state index contributed by atoms with van der Waals surface area (Å²) in [6.07, 6.45) is 9.02. The second-order valence-corrected chi connectivity index (χ2v) is 6.71. The summed E-state index contributed by atoms with van der Waals surface area (Å²) >= 11 is 0. The molecule has 1 saturated carbocycles. The van der Waals surface area contributed by atoms with E-state index in [2.05, 4.69) is 15.7 Å². The zero-order chi connectivity index (χ0) is 16.5. The van der Waals surface area contributed by atoms with Crippen molar-refractivity contribution in [3.8, 4) is 5.69 Å². The van der Waals surface area contributed by atoms with Crippen molar-refractivity contribution in [2.45, 2.75) is 44.2 Å². The van der Waals surface area contributed by atoms with E-state index in [-0.39, 0.29) is 36.8 Å². The van der Waals surface area contributed by atoms with Crippen LogP contribution in [0.25, 0.3) is 5.69 Å². The van der Waals surface area contributed by atoms with Crippen molar-refractivity contribution in [1.82, 2.24) is 15.1 Å². The van der Waals surface area contributed by atoms with Crippen molar-refractivity contribution in [2.75, 3.05) is 5.32 Å². The van der Waals surface area contributed by atoms with E-state index >= 15 is 0 Å². The van der Waals surface area contributed by atoms with Gasteiger partial charge in [0, 0.05) is 24.1 Å². The molecular formula is C18H23Cl2FN4O. The van der Waals surface area contributed by atoms with Gasteiger partial charge in [0.1, 0.15) is 5.69 Å². The normalized spacial score (nSPS) is 24.1. The smallest absolute Gasteiger partial charge is 0.241 e.